The van der Waals surface area contributed by atoms with Gasteiger partial charge >= 0.3 is 0 Å². The number of carbonyl (C=O) groups is 1. The van der Waals surface area contributed by atoms with Crippen LogP contribution < -0.4 is 9.47 Å². The Balaban J connectivity index is 1.64. The van der Waals surface area contributed by atoms with Crippen molar-refractivity contribution in [3.63, 3.8) is 0 Å². The Kier molecular flexibility index (Phi) is 5.00. The standard InChI is InChI=1S/C24H18N2O3/c1-28-23-13-18(11-12-22(23)29-16-17-7-3-2-4-8-17)24(27)26-15-19(14-25)20-9-5-6-10-21(20)26/h2-13,15H,16H2,1H3. The number of fused-ring (bicyclic) bond motifs is 1. The first-order valence-corrected chi connectivity index (χ1v) is 9.11. The zero-order valence-corrected chi connectivity index (χ0v) is 15.8. The fourth-order valence-electron chi connectivity index (χ4n) is 3.23. The van der Waals surface area contributed by atoms with Gasteiger partial charge in [-0.2, -0.15) is 5.26 Å². The molecule has 1 heterocycles. The highest BCUT2D eigenvalue weighted by molar-refractivity contribution is 6.03. The molecule has 0 amide bonds. The van der Waals surface area contributed by atoms with Crippen LogP contribution in [0.15, 0.2) is 79.0 Å². The van der Waals surface area contributed by atoms with E-state index >= 15 is 0 Å². The number of nitrogens with zero attached hydrogens (tertiary/aromatic N) is 2. The molecule has 5 nitrogen and oxygen atoms in total. The van der Waals surface area contributed by atoms with Crippen molar-refractivity contribution >= 4 is 16.8 Å². The van der Waals surface area contributed by atoms with E-state index in [1.165, 1.54) is 11.7 Å². The lowest BCUT2D eigenvalue weighted by Gasteiger charge is -2.12. The molecule has 0 saturated carbocycles. The van der Waals surface area contributed by atoms with E-state index < -0.39 is 0 Å². The Hall–Kier alpha value is -4.04. The number of hydrogen-bond acceptors (Lipinski definition) is 4. The minimum atomic E-state index is -0.240. The van der Waals surface area contributed by atoms with E-state index in [-0.39, 0.29) is 5.91 Å². The van der Waals surface area contributed by atoms with Crippen LogP contribution in [0.2, 0.25) is 0 Å². The topological polar surface area (TPSA) is 64.2 Å². The van der Waals surface area contributed by atoms with Crippen LogP contribution in [0.5, 0.6) is 11.5 Å². The molecular weight excluding hydrogens is 364 g/mol. The second-order valence-electron chi connectivity index (χ2n) is 6.49. The fourth-order valence-corrected chi connectivity index (χ4v) is 3.23. The number of hydrogen-bond donors (Lipinski definition) is 0. The van der Waals surface area contributed by atoms with E-state index in [1.54, 1.807) is 24.4 Å². The second-order valence-corrected chi connectivity index (χ2v) is 6.49. The molecule has 0 aliphatic rings. The Labute approximate surface area is 168 Å². The summed E-state index contributed by atoms with van der Waals surface area (Å²) in [7, 11) is 1.54. The lowest BCUT2D eigenvalue weighted by Crippen LogP contribution is -2.11. The molecule has 0 spiro atoms. The highest BCUT2D eigenvalue weighted by Gasteiger charge is 2.17. The van der Waals surface area contributed by atoms with Gasteiger partial charge in [-0.3, -0.25) is 9.36 Å². The van der Waals surface area contributed by atoms with Crippen LogP contribution in [0, 0.1) is 11.3 Å². The fraction of sp³-hybridized carbons (Fsp3) is 0.0833. The van der Waals surface area contributed by atoms with E-state index in [2.05, 4.69) is 6.07 Å². The van der Waals surface area contributed by atoms with Gasteiger partial charge in [0.15, 0.2) is 11.5 Å². The van der Waals surface area contributed by atoms with E-state index in [4.69, 9.17) is 9.47 Å². The first kappa shape index (κ1) is 18.3. The molecule has 0 atom stereocenters. The molecule has 1 aromatic heterocycles. The maximum Gasteiger partial charge on any atom is 0.262 e. The molecular formula is C24H18N2O3. The van der Waals surface area contributed by atoms with Crippen molar-refractivity contribution < 1.29 is 14.3 Å². The molecule has 0 unspecified atom stereocenters. The van der Waals surface area contributed by atoms with Crippen LogP contribution in [-0.2, 0) is 6.61 Å². The third-order valence-electron chi connectivity index (χ3n) is 4.70. The molecule has 4 rings (SSSR count). The number of para-hydroxylation sites is 1. The summed E-state index contributed by atoms with van der Waals surface area (Å²) >= 11 is 0. The van der Waals surface area contributed by atoms with Gasteiger partial charge in [-0.05, 0) is 29.8 Å². The SMILES string of the molecule is COc1cc(C(=O)n2cc(C#N)c3ccccc32)ccc1OCc1ccccc1. The summed E-state index contributed by atoms with van der Waals surface area (Å²) in [5, 5.41) is 10.1. The Morgan fingerprint density at radius 1 is 1.00 bits per heavy atom. The third-order valence-corrected chi connectivity index (χ3v) is 4.70. The molecule has 0 aliphatic carbocycles. The highest BCUT2D eigenvalue weighted by Crippen LogP contribution is 2.30. The minimum Gasteiger partial charge on any atom is -0.493 e. The van der Waals surface area contributed by atoms with Crippen molar-refractivity contribution in [3.05, 3.63) is 95.7 Å². The lowest BCUT2D eigenvalue weighted by atomic mass is 10.1. The van der Waals surface area contributed by atoms with E-state index in [1.807, 2.05) is 54.6 Å². The van der Waals surface area contributed by atoms with Crippen molar-refractivity contribution in [2.45, 2.75) is 6.61 Å². The number of methoxy groups -OCH3 is 1. The van der Waals surface area contributed by atoms with E-state index in [0.717, 1.165) is 10.9 Å². The van der Waals surface area contributed by atoms with Gasteiger partial charge in [-0.25, -0.2) is 0 Å². The van der Waals surface area contributed by atoms with Crippen LogP contribution in [-0.4, -0.2) is 17.6 Å². The predicted molar refractivity (Wildman–Crippen MR) is 110 cm³/mol. The highest BCUT2D eigenvalue weighted by atomic mass is 16.5. The van der Waals surface area contributed by atoms with Gasteiger partial charge in [-0.15, -0.1) is 0 Å². The van der Waals surface area contributed by atoms with E-state index in [0.29, 0.717) is 34.7 Å². The Morgan fingerprint density at radius 2 is 1.76 bits per heavy atom. The molecule has 142 valence electrons. The first-order chi connectivity index (χ1) is 14.2. The lowest BCUT2D eigenvalue weighted by molar-refractivity contribution is 0.0964. The van der Waals surface area contributed by atoms with Crippen molar-refractivity contribution in [3.8, 4) is 17.6 Å². The summed E-state index contributed by atoms with van der Waals surface area (Å²) in [5.74, 6) is 0.794. The molecule has 0 aliphatic heterocycles. The summed E-state index contributed by atoms with van der Waals surface area (Å²) < 4.78 is 12.8. The van der Waals surface area contributed by atoms with E-state index in [9.17, 15) is 10.1 Å². The average Bonchev–Trinajstić information content (AvgIpc) is 3.16. The van der Waals surface area contributed by atoms with Crippen molar-refractivity contribution in [1.29, 1.82) is 5.26 Å². The molecule has 0 saturated heterocycles. The number of ether oxygens (including phenoxy) is 2. The average molecular weight is 382 g/mol. The minimum absolute atomic E-state index is 0.240. The largest absolute Gasteiger partial charge is 0.493 e. The number of benzene rings is 3. The summed E-state index contributed by atoms with van der Waals surface area (Å²) in [6, 6.07) is 24.4. The van der Waals surface area contributed by atoms with Crippen LogP contribution >= 0.6 is 0 Å². The van der Waals surface area contributed by atoms with Crippen LogP contribution in [0.4, 0.5) is 0 Å². The van der Waals surface area contributed by atoms with Crippen molar-refractivity contribution in [2.75, 3.05) is 7.11 Å². The summed E-state index contributed by atoms with van der Waals surface area (Å²) in [6.45, 7) is 0.401. The number of aromatic nitrogens is 1. The third kappa shape index (κ3) is 3.56. The predicted octanol–water partition coefficient (Wildman–Crippen LogP) is 4.79. The maximum atomic E-state index is 13.1. The molecule has 0 N–H and O–H groups in total. The van der Waals surface area contributed by atoms with Gasteiger partial charge in [0, 0.05) is 17.1 Å². The zero-order valence-electron chi connectivity index (χ0n) is 15.8. The number of carbonyl (C=O) groups excluding carboxylic acids is 1. The molecule has 0 fully saturated rings. The maximum absolute atomic E-state index is 13.1. The molecule has 5 heteroatoms. The monoisotopic (exact) mass is 382 g/mol. The molecule has 3 aromatic carbocycles. The smallest absolute Gasteiger partial charge is 0.262 e. The number of nitriles is 1. The summed E-state index contributed by atoms with van der Waals surface area (Å²) in [5.41, 5.74) is 2.64. The van der Waals surface area contributed by atoms with Gasteiger partial charge in [0.05, 0.1) is 18.2 Å². The molecule has 0 radical (unpaired) electrons. The Morgan fingerprint density at radius 3 is 2.52 bits per heavy atom. The van der Waals surface area contributed by atoms with Gasteiger partial charge in [0.1, 0.15) is 12.7 Å². The van der Waals surface area contributed by atoms with Crippen molar-refractivity contribution in [2.24, 2.45) is 0 Å². The molecule has 29 heavy (non-hydrogen) atoms. The number of rotatable bonds is 5. The quantitative estimate of drug-likeness (QED) is 0.498. The van der Waals surface area contributed by atoms with Crippen LogP contribution in [0.25, 0.3) is 10.9 Å². The van der Waals surface area contributed by atoms with Gasteiger partial charge in [0.2, 0.25) is 0 Å². The zero-order chi connectivity index (χ0) is 20.2. The van der Waals surface area contributed by atoms with Crippen LogP contribution in [0.3, 0.4) is 0 Å². The van der Waals surface area contributed by atoms with Crippen LogP contribution in [0.1, 0.15) is 21.5 Å². The van der Waals surface area contributed by atoms with Gasteiger partial charge in [0.25, 0.3) is 5.91 Å². The second kappa shape index (κ2) is 7.91. The first-order valence-electron chi connectivity index (χ1n) is 9.11. The molecule has 4 aromatic rings. The van der Waals surface area contributed by atoms with Gasteiger partial charge in [-0.1, -0.05) is 48.5 Å². The summed E-state index contributed by atoms with van der Waals surface area (Å²) in [4.78, 5) is 13.1. The summed E-state index contributed by atoms with van der Waals surface area (Å²) in [6.07, 6.45) is 1.57. The Bertz CT molecular complexity index is 1220. The van der Waals surface area contributed by atoms with Gasteiger partial charge < -0.3 is 9.47 Å². The van der Waals surface area contributed by atoms with Crippen molar-refractivity contribution in [1.82, 2.24) is 4.57 Å². The molecule has 0 bridgehead atoms. The normalized spacial score (nSPS) is 10.5.